The first-order valence-electron chi connectivity index (χ1n) is 9.15. The molecule has 6 nitrogen and oxygen atoms in total. The van der Waals surface area contributed by atoms with Crippen LogP contribution in [0.15, 0.2) is 24.3 Å². The summed E-state index contributed by atoms with van der Waals surface area (Å²) < 4.78 is 0. The maximum absolute atomic E-state index is 12.3. The van der Waals surface area contributed by atoms with Crippen molar-refractivity contribution >= 4 is 28.3 Å². The number of anilines is 1. The summed E-state index contributed by atoms with van der Waals surface area (Å²) in [5.41, 5.74) is 2.51. The number of aryl methyl sites for hydroxylation is 2. The average Bonchev–Trinajstić information content (AvgIpc) is 3.08. The van der Waals surface area contributed by atoms with Gasteiger partial charge in [0.25, 0.3) is 0 Å². The maximum atomic E-state index is 12.3. The molecule has 2 amide bonds. The molecule has 0 saturated heterocycles. The number of amides is 2. The summed E-state index contributed by atoms with van der Waals surface area (Å²) in [6, 6.07) is 8.29. The molecule has 7 heteroatoms. The SMILES string of the molecule is CCCc1nnc(NC(=O)CCC(=O)N[C@@H]2CCCc3ccccc32)s1. The summed E-state index contributed by atoms with van der Waals surface area (Å²) in [6.45, 7) is 2.07. The van der Waals surface area contributed by atoms with Gasteiger partial charge in [0.1, 0.15) is 5.01 Å². The number of nitrogens with one attached hydrogen (secondary N) is 2. The van der Waals surface area contributed by atoms with E-state index in [1.807, 2.05) is 12.1 Å². The highest BCUT2D eigenvalue weighted by molar-refractivity contribution is 7.15. The minimum atomic E-state index is -0.205. The van der Waals surface area contributed by atoms with Gasteiger partial charge in [-0.3, -0.25) is 9.59 Å². The maximum Gasteiger partial charge on any atom is 0.226 e. The van der Waals surface area contributed by atoms with E-state index in [4.69, 9.17) is 0 Å². The van der Waals surface area contributed by atoms with Gasteiger partial charge in [0.15, 0.2) is 0 Å². The molecule has 0 aliphatic heterocycles. The van der Waals surface area contributed by atoms with Crippen LogP contribution >= 0.6 is 11.3 Å². The predicted octanol–water partition coefficient (Wildman–Crippen LogP) is 3.40. The van der Waals surface area contributed by atoms with Gasteiger partial charge in [-0.25, -0.2) is 0 Å². The lowest BCUT2D eigenvalue weighted by atomic mass is 9.87. The molecule has 1 aromatic carbocycles. The highest BCUT2D eigenvalue weighted by atomic mass is 32.1. The lowest BCUT2D eigenvalue weighted by Gasteiger charge is -2.26. The number of carbonyl (C=O) groups is 2. The first kappa shape index (κ1) is 18.5. The minimum Gasteiger partial charge on any atom is -0.349 e. The van der Waals surface area contributed by atoms with Gasteiger partial charge in [-0.05, 0) is 36.8 Å². The van der Waals surface area contributed by atoms with E-state index in [0.717, 1.165) is 37.1 Å². The molecular formula is C19H24N4O2S. The zero-order valence-electron chi connectivity index (χ0n) is 15.0. The van der Waals surface area contributed by atoms with E-state index in [2.05, 4.69) is 39.9 Å². The van der Waals surface area contributed by atoms with Gasteiger partial charge in [0.05, 0.1) is 6.04 Å². The molecule has 1 heterocycles. The van der Waals surface area contributed by atoms with Crippen LogP contribution in [0.2, 0.25) is 0 Å². The third-order valence-corrected chi connectivity index (χ3v) is 5.36. The van der Waals surface area contributed by atoms with Crippen molar-refractivity contribution in [2.24, 2.45) is 0 Å². The van der Waals surface area contributed by atoms with Crippen molar-refractivity contribution in [3.05, 3.63) is 40.4 Å². The lowest BCUT2D eigenvalue weighted by molar-refractivity contribution is -0.125. The number of benzene rings is 1. The third kappa shape index (κ3) is 4.88. The Morgan fingerprint density at radius 3 is 2.85 bits per heavy atom. The molecule has 1 atom stereocenters. The Labute approximate surface area is 157 Å². The van der Waals surface area contributed by atoms with Gasteiger partial charge in [0, 0.05) is 19.3 Å². The molecule has 0 spiro atoms. The number of aromatic nitrogens is 2. The molecule has 0 fully saturated rings. The molecule has 2 N–H and O–H groups in total. The smallest absolute Gasteiger partial charge is 0.226 e. The molecule has 0 saturated carbocycles. The largest absolute Gasteiger partial charge is 0.349 e. The Morgan fingerprint density at radius 1 is 1.19 bits per heavy atom. The monoisotopic (exact) mass is 372 g/mol. The summed E-state index contributed by atoms with van der Waals surface area (Å²) in [5.74, 6) is -0.297. The fourth-order valence-electron chi connectivity index (χ4n) is 3.20. The summed E-state index contributed by atoms with van der Waals surface area (Å²) >= 11 is 1.39. The second-order valence-electron chi connectivity index (χ2n) is 6.51. The van der Waals surface area contributed by atoms with E-state index in [1.54, 1.807) is 0 Å². The molecule has 2 aromatic rings. The van der Waals surface area contributed by atoms with Crippen LogP contribution in [0.3, 0.4) is 0 Å². The number of fused-ring (bicyclic) bond motifs is 1. The van der Waals surface area contributed by atoms with E-state index in [0.29, 0.717) is 5.13 Å². The quantitative estimate of drug-likeness (QED) is 0.780. The molecule has 0 radical (unpaired) electrons. The van der Waals surface area contributed by atoms with Crippen molar-refractivity contribution in [1.82, 2.24) is 15.5 Å². The van der Waals surface area contributed by atoms with Gasteiger partial charge in [-0.2, -0.15) is 0 Å². The van der Waals surface area contributed by atoms with Gasteiger partial charge in [0.2, 0.25) is 16.9 Å². The van der Waals surface area contributed by atoms with Crippen LogP contribution in [0.1, 0.15) is 61.2 Å². The number of nitrogens with zero attached hydrogens (tertiary/aromatic N) is 2. The van der Waals surface area contributed by atoms with E-state index >= 15 is 0 Å². The van der Waals surface area contributed by atoms with Gasteiger partial charge in [-0.15, -0.1) is 10.2 Å². The number of hydrogen-bond donors (Lipinski definition) is 2. The topological polar surface area (TPSA) is 84.0 Å². The van der Waals surface area contributed by atoms with Crippen molar-refractivity contribution in [3.63, 3.8) is 0 Å². The van der Waals surface area contributed by atoms with E-state index in [9.17, 15) is 9.59 Å². The fourth-order valence-corrected chi connectivity index (χ4v) is 4.06. The standard InChI is InChI=1S/C19H24N4O2S/c1-2-6-18-22-23-19(26-18)21-17(25)12-11-16(24)20-15-10-5-8-13-7-3-4-9-14(13)15/h3-4,7,9,15H,2,5-6,8,10-12H2,1H3,(H,20,24)(H,21,23,25)/t15-/m1/s1. The Morgan fingerprint density at radius 2 is 2.00 bits per heavy atom. The highest BCUT2D eigenvalue weighted by Gasteiger charge is 2.21. The molecule has 1 aliphatic rings. The first-order chi connectivity index (χ1) is 12.7. The lowest BCUT2D eigenvalue weighted by Crippen LogP contribution is -2.31. The van der Waals surface area contributed by atoms with E-state index in [1.165, 1.54) is 22.5 Å². The van der Waals surface area contributed by atoms with Crippen molar-refractivity contribution in [2.45, 2.75) is 57.9 Å². The van der Waals surface area contributed by atoms with Crippen LogP contribution in [0, 0.1) is 0 Å². The van der Waals surface area contributed by atoms with Crippen LogP contribution in [-0.4, -0.2) is 22.0 Å². The van der Waals surface area contributed by atoms with E-state index < -0.39 is 0 Å². The molecule has 138 valence electrons. The van der Waals surface area contributed by atoms with Crippen LogP contribution in [0.5, 0.6) is 0 Å². The molecular weight excluding hydrogens is 348 g/mol. The second-order valence-corrected chi connectivity index (χ2v) is 7.57. The predicted molar refractivity (Wildman–Crippen MR) is 102 cm³/mol. The van der Waals surface area contributed by atoms with Crippen molar-refractivity contribution in [2.75, 3.05) is 5.32 Å². The number of carbonyl (C=O) groups excluding carboxylic acids is 2. The van der Waals surface area contributed by atoms with Crippen molar-refractivity contribution < 1.29 is 9.59 Å². The second kappa shape index (κ2) is 8.89. The number of rotatable bonds is 7. The number of hydrogen-bond acceptors (Lipinski definition) is 5. The normalized spacial score (nSPS) is 16.0. The van der Waals surface area contributed by atoms with E-state index in [-0.39, 0.29) is 30.7 Å². The zero-order valence-corrected chi connectivity index (χ0v) is 15.8. The summed E-state index contributed by atoms with van der Waals surface area (Å²) in [6.07, 6.45) is 5.24. The molecule has 3 rings (SSSR count). The van der Waals surface area contributed by atoms with Crippen molar-refractivity contribution in [3.8, 4) is 0 Å². The molecule has 0 bridgehead atoms. The van der Waals surface area contributed by atoms with Crippen LogP contribution in [0.25, 0.3) is 0 Å². The summed E-state index contributed by atoms with van der Waals surface area (Å²) in [4.78, 5) is 24.3. The molecule has 26 heavy (non-hydrogen) atoms. The fraction of sp³-hybridized carbons (Fsp3) is 0.474. The Hall–Kier alpha value is -2.28. The minimum absolute atomic E-state index is 0.0512. The Bertz CT molecular complexity index is 774. The summed E-state index contributed by atoms with van der Waals surface area (Å²) in [7, 11) is 0. The molecule has 0 unspecified atom stereocenters. The Kier molecular flexibility index (Phi) is 6.33. The van der Waals surface area contributed by atoms with Crippen LogP contribution in [0.4, 0.5) is 5.13 Å². The average molecular weight is 372 g/mol. The first-order valence-corrected chi connectivity index (χ1v) is 9.96. The van der Waals surface area contributed by atoms with Gasteiger partial charge in [-0.1, -0.05) is 42.5 Å². The summed E-state index contributed by atoms with van der Waals surface area (Å²) in [5, 5.41) is 15.2. The van der Waals surface area contributed by atoms with Crippen LogP contribution < -0.4 is 10.6 Å². The molecule has 1 aromatic heterocycles. The third-order valence-electron chi connectivity index (χ3n) is 4.46. The Balaban J connectivity index is 1.46. The highest BCUT2D eigenvalue weighted by Crippen LogP contribution is 2.29. The van der Waals surface area contributed by atoms with Crippen molar-refractivity contribution in [1.29, 1.82) is 0 Å². The van der Waals surface area contributed by atoms with Crippen LogP contribution in [-0.2, 0) is 22.4 Å². The van der Waals surface area contributed by atoms with Gasteiger partial charge >= 0.3 is 0 Å². The van der Waals surface area contributed by atoms with Gasteiger partial charge < -0.3 is 10.6 Å². The zero-order chi connectivity index (χ0) is 18.4. The molecule has 1 aliphatic carbocycles.